The largest absolute Gasteiger partial charge is 0.367 e. The van der Waals surface area contributed by atoms with Crippen LogP contribution in [0.2, 0.25) is 0 Å². The van der Waals surface area contributed by atoms with Gasteiger partial charge in [0, 0.05) is 38.3 Å². The van der Waals surface area contributed by atoms with Crippen LogP contribution in [0.3, 0.4) is 0 Å². The molecule has 0 saturated carbocycles. The molecule has 3 aromatic rings. The minimum Gasteiger partial charge on any atom is -0.367 e. The van der Waals surface area contributed by atoms with Gasteiger partial charge in [0.15, 0.2) is 0 Å². The van der Waals surface area contributed by atoms with E-state index in [2.05, 4.69) is 20.3 Å². The van der Waals surface area contributed by atoms with Crippen molar-refractivity contribution in [2.45, 2.75) is 10.8 Å². The summed E-state index contributed by atoms with van der Waals surface area (Å²) < 4.78 is 41.9. The number of sulfonamides is 1. The van der Waals surface area contributed by atoms with Gasteiger partial charge >= 0.3 is 0 Å². The van der Waals surface area contributed by atoms with Crippen molar-refractivity contribution in [2.75, 3.05) is 35.8 Å². The van der Waals surface area contributed by atoms with Crippen molar-refractivity contribution < 1.29 is 17.6 Å². The number of thiophene rings is 1. The summed E-state index contributed by atoms with van der Waals surface area (Å²) in [5, 5.41) is 7.72. The van der Waals surface area contributed by atoms with Gasteiger partial charge in [0.2, 0.25) is 0 Å². The van der Waals surface area contributed by atoms with Crippen LogP contribution in [0.25, 0.3) is 0 Å². The molecule has 0 atom stereocenters. The topological polar surface area (TPSA) is 90.5 Å². The molecule has 1 fully saturated rings. The summed E-state index contributed by atoms with van der Waals surface area (Å²) in [5.41, 5.74) is 2.01. The molecule has 7 nitrogen and oxygen atoms in total. The van der Waals surface area contributed by atoms with Gasteiger partial charge in [-0.05, 0) is 47.3 Å². The maximum atomic E-state index is 13.4. The first-order chi connectivity index (χ1) is 15.4. The lowest BCUT2D eigenvalue weighted by molar-refractivity contribution is 0.0951. The molecule has 0 spiro atoms. The molecule has 0 unspecified atom stereocenters. The van der Waals surface area contributed by atoms with Gasteiger partial charge < -0.3 is 15.5 Å². The maximum absolute atomic E-state index is 13.4. The highest BCUT2D eigenvalue weighted by Crippen LogP contribution is 2.31. The average Bonchev–Trinajstić information content (AvgIpc) is 3.34. The molecule has 1 amide bonds. The third-order valence-electron chi connectivity index (χ3n) is 5.06. The number of carbonyl (C=O) groups is 1. The molecule has 32 heavy (non-hydrogen) atoms. The van der Waals surface area contributed by atoms with Crippen molar-refractivity contribution in [2.24, 2.45) is 0 Å². The molecule has 0 radical (unpaired) electrons. The molecule has 1 aliphatic heterocycles. The molecule has 1 aliphatic rings. The van der Waals surface area contributed by atoms with Gasteiger partial charge in [-0.3, -0.25) is 9.52 Å². The average molecular weight is 475 g/mol. The first-order valence-electron chi connectivity index (χ1n) is 10.1. The highest BCUT2D eigenvalue weighted by atomic mass is 32.2. The van der Waals surface area contributed by atoms with Crippen LogP contribution in [-0.2, 0) is 16.6 Å². The number of rotatable bonds is 7. The van der Waals surface area contributed by atoms with Crippen LogP contribution in [0, 0.1) is 5.82 Å². The summed E-state index contributed by atoms with van der Waals surface area (Å²) in [6, 6.07) is 14.2. The van der Waals surface area contributed by atoms with E-state index in [1.54, 1.807) is 41.8 Å². The summed E-state index contributed by atoms with van der Waals surface area (Å²) in [5.74, 6) is -0.750. The number of amides is 1. The van der Waals surface area contributed by atoms with Crippen molar-refractivity contribution in [1.82, 2.24) is 10.6 Å². The molecule has 2 aromatic carbocycles. The van der Waals surface area contributed by atoms with Crippen molar-refractivity contribution in [3.63, 3.8) is 0 Å². The van der Waals surface area contributed by atoms with Crippen molar-refractivity contribution in [1.29, 1.82) is 0 Å². The highest BCUT2D eigenvalue weighted by molar-refractivity contribution is 7.94. The van der Waals surface area contributed by atoms with Gasteiger partial charge in [-0.25, -0.2) is 12.8 Å². The van der Waals surface area contributed by atoms with Gasteiger partial charge in [0.05, 0.1) is 11.4 Å². The van der Waals surface area contributed by atoms with E-state index < -0.39 is 10.0 Å². The van der Waals surface area contributed by atoms with E-state index in [9.17, 15) is 17.6 Å². The van der Waals surface area contributed by atoms with Crippen LogP contribution in [0.1, 0.15) is 15.9 Å². The Kier molecular flexibility index (Phi) is 6.73. The number of nitrogens with zero attached hydrogens (tertiary/aromatic N) is 1. The number of benzene rings is 2. The van der Waals surface area contributed by atoms with Crippen LogP contribution in [0.15, 0.2) is 64.2 Å². The van der Waals surface area contributed by atoms with Crippen LogP contribution in [0.4, 0.5) is 15.8 Å². The van der Waals surface area contributed by atoms with E-state index in [4.69, 9.17) is 0 Å². The molecule has 1 aromatic heterocycles. The lowest BCUT2D eigenvalue weighted by Gasteiger charge is -2.31. The second kappa shape index (κ2) is 9.68. The molecule has 4 rings (SSSR count). The predicted octanol–water partition coefficient (Wildman–Crippen LogP) is 3.03. The first-order valence-corrected chi connectivity index (χ1v) is 12.5. The summed E-state index contributed by atoms with van der Waals surface area (Å²) in [6.45, 7) is 3.17. The fourth-order valence-corrected chi connectivity index (χ4v) is 5.54. The lowest BCUT2D eigenvalue weighted by Crippen LogP contribution is -2.43. The monoisotopic (exact) mass is 474 g/mol. The van der Waals surface area contributed by atoms with Crippen molar-refractivity contribution in [3.8, 4) is 0 Å². The number of halogens is 1. The molecule has 1 saturated heterocycles. The zero-order chi connectivity index (χ0) is 22.6. The van der Waals surface area contributed by atoms with Crippen LogP contribution < -0.4 is 20.3 Å². The number of piperazine rings is 1. The Labute approximate surface area is 190 Å². The SMILES string of the molecule is O=C(NCc1cccc(F)c1)c1ccc(N2CCNCC2)c(NS(=O)(=O)c2cccs2)c1. The van der Waals surface area contributed by atoms with Gasteiger partial charge in [-0.1, -0.05) is 18.2 Å². The van der Waals surface area contributed by atoms with E-state index in [0.29, 0.717) is 22.5 Å². The molecule has 0 bridgehead atoms. The fourth-order valence-electron chi connectivity index (χ4n) is 3.48. The minimum atomic E-state index is -3.78. The number of hydrogen-bond acceptors (Lipinski definition) is 6. The van der Waals surface area contributed by atoms with Crippen molar-refractivity contribution >= 4 is 38.6 Å². The van der Waals surface area contributed by atoms with Crippen molar-refractivity contribution in [3.05, 3.63) is 76.9 Å². The fraction of sp³-hybridized carbons (Fsp3) is 0.227. The smallest absolute Gasteiger partial charge is 0.271 e. The molecular formula is C22H23FN4O3S2. The Morgan fingerprint density at radius 3 is 2.62 bits per heavy atom. The van der Waals surface area contributed by atoms with E-state index in [1.165, 1.54) is 18.2 Å². The Morgan fingerprint density at radius 2 is 1.91 bits per heavy atom. The van der Waals surface area contributed by atoms with Crippen LogP contribution in [-0.4, -0.2) is 40.5 Å². The first kappa shape index (κ1) is 22.3. The second-order valence-corrected chi connectivity index (χ2v) is 10.2. The standard InChI is InChI=1S/C22H23FN4O3S2/c23-18-4-1-3-16(13-18)15-25-22(28)17-6-7-20(27-10-8-24-9-11-27)19(14-17)26-32(29,30)21-5-2-12-31-21/h1-7,12-14,24,26H,8-11,15H2,(H,25,28). The van der Waals surface area contributed by atoms with Gasteiger partial charge in [0.1, 0.15) is 10.0 Å². The summed E-state index contributed by atoms with van der Waals surface area (Å²) in [7, 11) is -3.78. The van der Waals surface area contributed by atoms with Gasteiger partial charge in [-0.15, -0.1) is 11.3 Å². The number of carbonyl (C=O) groups excluding carboxylic acids is 1. The second-order valence-electron chi connectivity index (χ2n) is 7.32. The predicted molar refractivity (Wildman–Crippen MR) is 124 cm³/mol. The Morgan fingerprint density at radius 1 is 1.09 bits per heavy atom. The number of nitrogens with one attached hydrogen (secondary N) is 3. The summed E-state index contributed by atoms with van der Waals surface area (Å²) in [6.07, 6.45) is 0. The normalized spacial score (nSPS) is 14.2. The van der Waals surface area contributed by atoms with E-state index in [1.807, 2.05) is 0 Å². The van der Waals surface area contributed by atoms with E-state index in [0.717, 1.165) is 37.5 Å². The molecular weight excluding hydrogens is 451 g/mol. The molecule has 10 heteroatoms. The highest BCUT2D eigenvalue weighted by Gasteiger charge is 2.22. The summed E-state index contributed by atoms with van der Waals surface area (Å²) in [4.78, 5) is 14.8. The quantitative estimate of drug-likeness (QED) is 0.490. The number of anilines is 2. The van der Waals surface area contributed by atoms with E-state index >= 15 is 0 Å². The minimum absolute atomic E-state index is 0.159. The lowest BCUT2D eigenvalue weighted by atomic mass is 10.1. The molecule has 168 valence electrons. The molecule has 2 heterocycles. The maximum Gasteiger partial charge on any atom is 0.271 e. The number of hydrogen-bond donors (Lipinski definition) is 3. The Hall–Kier alpha value is -2.95. The third-order valence-corrected chi connectivity index (χ3v) is 7.83. The third kappa shape index (κ3) is 5.26. The zero-order valence-electron chi connectivity index (χ0n) is 17.2. The zero-order valence-corrected chi connectivity index (χ0v) is 18.8. The van der Waals surface area contributed by atoms with E-state index in [-0.39, 0.29) is 22.5 Å². The van der Waals surface area contributed by atoms with Crippen LogP contribution >= 0.6 is 11.3 Å². The Bertz CT molecular complexity index is 1190. The van der Waals surface area contributed by atoms with Gasteiger partial charge in [-0.2, -0.15) is 0 Å². The summed E-state index contributed by atoms with van der Waals surface area (Å²) >= 11 is 1.12. The van der Waals surface area contributed by atoms with Gasteiger partial charge in [0.25, 0.3) is 15.9 Å². The molecule has 0 aliphatic carbocycles. The Balaban J connectivity index is 1.59. The molecule has 3 N–H and O–H groups in total. The van der Waals surface area contributed by atoms with Crippen LogP contribution in [0.5, 0.6) is 0 Å².